The molecular formula is C9H5F15Si. The largest absolute Gasteiger partial charge is 0.449 e. The Balaban J connectivity index is 7.40. The zero-order chi connectivity index (χ0) is 20.9. The molecule has 25 heavy (non-hydrogen) atoms. The van der Waals surface area contributed by atoms with E-state index in [1.807, 2.05) is 0 Å². The molecule has 150 valence electrons. The van der Waals surface area contributed by atoms with Gasteiger partial charge in [-0.1, -0.05) is 6.08 Å². The molecule has 0 aromatic rings. The number of alkyl halides is 15. The van der Waals surface area contributed by atoms with Gasteiger partial charge in [-0.2, -0.15) is 39.5 Å². The van der Waals surface area contributed by atoms with Gasteiger partial charge in [0, 0.05) is 0 Å². The maximum Gasteiger partial charge on any atom is 0.449 e. The smallest absolute Gasteiger partial charge is 0.201 e. The van der Waals surface area contributed by atoms with E-state index in [2.05, 4.69) is 6.58 Å². The molecule has 0 aromatic heterocycles. The van der Waals surface area contributed by atoms with Crippen molar-refractivity contribution in [2.24, 2.45) is 0 Å². The monoisotopic (exact) mass is 426 g/mol. The molecule has 0 heterocycles. The van der Waals surface area contributed by atoms with Gasteiger partial charge in [0.2, 0.25) is 0 Å². The summed E-state index contributed by atoms with van der Waals surface area (Å²) in [7, 11) is -9.38. The quantitative estimate of drug-likeness (QED) is 0.295. The fourth-order valence-corrected chi connectivity index (χ4v) is 5.76. The Kier molecular flexibility index (Phi) is 5.71. The maximum absolute atomic E-state index is 13.4. The molecule has 0 spiro atoms. The normalized spacial score (nSPS) is 16.1. The highest BCUT2D eigenvalue weighted by Crippen LogP contribution is 2.63. The lowest BCUT2D eigenvalue weighted by Crippen LogP contribution is -2.84. The van der Waals surface area contributed by atoms with Gasteiger partial charge in [0.1, 0.15) is 0 Å². The van der Waals surface area contributed by atoms with Crippen molar-refractivity contribution in [1.82, 2.24) is 0 Å². The lowest BCUT2D eigenvalue weighted by atomic mass is 10.6. The van der Waals surface area contributed by atoms with Crippen LogP contribution in [0.25, 0.3) is 0 Å². The van der Waals surface area contributed by atoms with Crippen LogP contribution in [-0.2, 0) is 0 Å². The molecule has 0 nitrogen and oxygen atoms in total. The third kappa shape index (κ3) is 3.09. The lowest BCUT2D eigenvalue weighted by molar-refractivity contribution is -0.304. The zero-order valence-corrected chi connectivity index (χ0v) is 12.2. The minimum absolute atomic E-state index is 0.689. The van der Waals surface area contributed by atoms with E-state index in [1.54, 1.807) is 0 Å². The Morgan fingerprint density at radius 1 is 0.520 bits per heavy atom. The van der Waals surface area contributed by atoms with Crippen LogP contribution in [0.5, 0.6) is 0 Å². The van der Waals surface area contributed by atoms with Crippen LogP contribution < -0.4 is 0 Å². The minimum atomic E-state index is -9.38. The van der Waals surface area contributed by atoms with Crippen LogP contribution in [0.2, 0.25) is 6.04 Å². The van der Waals surface area contributed by atoms with E-state index in [-0.39, 0.29) is 0 Å². The highest BCUT2D eigenvalue weighted by Gasteiger charge is 2.97. The van der Waals surface area contributed by atoms with Crippen molar-refractivity contribution in [3.8, 4) is 0 Å². The fourth-order valence-electron chi connectivity index (χ4n) is 1.92. The van der Waals surface area contributed by atoms with Gasteiger partial charge in [0.05, 0.1) is 0 Å². The van der Waals surface area contributed by atoms with Crippen LogP contribution in [-0.4, -0.2) is 43.2 Å². The molecular weight excluding hydrogens is 421 g/mol. The predicted molar refractivity (Wildman–Crippen MR) is 53.8 cm³/mol. The molecule has 0 fully saturated rings. The van der Waals surface area contributed by atoms with Gasteiger partial charge in [-0.25, -0.2) is 26.3 Å². The van der Waals surface area contributed by atoms with Crippen molar-refractivity contribution in [2.75, 3.05) is 0 Å². The first-order valence-electron chi connectivity index (χ1n) is 5.50. The van der Waals surface area contributed by atoms with Crippen LogP contribution in [0.4, 0.5) is 65.9 Å². The van der Waals surface area contributed by atoms with Gasteiger partial charge in [-0.15, -0.1) is 6.58 Å². The van der Waals surface area contributed by atoms with Gasteiger partial charge >= 0.3 is 43.2 Å². The molecule has 0 aromatic carbocycles. The Hall–Kier alpha value is -1.09. The summed E-state index contributed by atoms with van der Waals surface area (Å²) in [6, 6.07) is -3.24. The number of halogens is 15. The summed E-state index contributed by atoms with van der Waals surface area (Å²) < 4.78 is 192. The van der Waals surface area contributed by atoms with E-state index in [9.17, 15) is 65.9 Å². The standard InChI is InChI=1S/C9H5F15Si/c1-2-3-25(7(19,20)4(10,11)12,8(21,22)5(13,14)15)9(23,24)6(16,17)18/h2H,1,3H2. The predicted octanol–water partition coefficient (Wildman–Crippen LogP) is 5.83. The summed E-state index contributed by atoms with van der Waals surface area (Å²) >= 11 is 0. The average Bonchev–Trinajstić information content (AvgIpc) is 2.30. The van der Waals surface area contributed by atoms with E-state index in [0.717, 1.165) is 0 Å². The van der Waals surface area contributed by atoms with E-state index < -0.39 is 55.4 Å². The number of allylic oxidation sites excluding steroid dienone is 1. The first-order valence-corrected chi connectivity index (χ1v) is 7.71. The van der Waals surface area contributed by atoms with E-state index in [0.29, 0.717) is 0 Å². The molecule has 0 atom stereocenters. The van der Waals surface area contributed by atoms with Crippen LogP contribution in [0.1, 0.15) is 0 Å². The summed E-state index contributed by atoms with van der Waals surface area (Å²) in [5.41, 5.74) is -23.1. The zero-order valence-electron chi connectivity index (χ0n) is 11.2. The summed E-state index contributed by atoms with van der Waals surface area (Å²) in [4.78, 5) is 0. The fraction of sp³-hybridized carbons (Fsp3) is 0.778. The summed E-state index contributed by atoms with van der Waals surface area (Å²) in [6.45, 7) is 2.16. The first-order chi connectivity index (χ1) is 10.6. The van der Waals surface area contributed by atoms with Crippen molar-refractivity contribution >= 4 is 8.07 Å². The Morgan fingerprint density at radius 3 is 0.840 bits per heavy atom. The third-order valence-corrected chi connectivity index (χ3v) is 8.09. The Morgan fingerprint density at radius 2 is 0.720 bits per heavy atom. The third-order valence-electron chi connectivity index (χ3n) is 3.13. The highest BCUT2D eigenvalue weighted by atomic mass is 28.3. The number of hydrogen-bond acceptors (Lipinski definition) is 0. The van der Waals surface area contributed by atoms with Crippen molar-refractivity contribution in [3.05, 3.63) is 12.7 Å². The van der Waals surface area contributed by atoms with E-state index in [4.69, 9.17) is 0 Å². The summed E-state index contributed by atoms with van der Waals surface area (Å²) in [6.07, 6.45) is -23.3. The molecule has 0 N–H and O–H groups in total. The van der Waals surface area contributed by atoms with Gasteiger partial charge in [0.15, 0.2) is 0 Å². The van der Waals surface area contributed by atoms with Crippen LogP contribution in [0.3, 0.4) is 0 Å². The summed E-state index contributed by atoms with van der Waals surface area (Å²) in [5.74, 6) is 0. The lowest BCUT2D eigenvalue weighted by Gasteiger charge is -2.47. The number of rotatable bonds is 5. The van der Waals surface area contributed by atoms with Gasteiger partial charge in [-0.05, 0) is 6.04 Å². The second-order valence-electron chi connectivity index (χ2n) is 4.61. The molecule has 0 unspecified atom stereocenters. The number of hydrogen-bond donors (Lipinski definition) is 0. The van der Waals surface area contributed by atoms with Crippen LogP contribution >= 0.6 is 0 Å². The van der Waals surface area contributed by atoms with Crippen LogP contribution in [0.15, 0.2) is 12.7 Å². The second-order valence-corrected chi connectivity index (χ2v) is 8.72. The molecule has 0 rings (SSSR count). The second kappa shape index (κ2) is 5.97. The van der Waals surface area contributed by atoms with E-state index in [1.165, 1.54) is 0 Å². The maximum atomic E-state index is 13.4. The van der Waals surface area contributed by atoms with Crippen molar-refractivity contribution < 1.29 is 65.9 Å². The molecule has 0 saturated heterocycles. The molecule has 0 aliphatic rings. The van der Waals surface area contributed by atoms with Gasteiger partial charge in [-0.3, -0.25) is 0 Å². The molecule has 16 heteroatoms. The minimum Gasteiger partial charge on any atom is -0.201 e. The summed E-state index contributed by atoms with van der Waals surface area (Å²) in [5, 5.41) is 0. The van der Waals surface area contributed by atoms with Crippen LogP contribution in [0, 0.1) is 0 Å². The molecule has 0 aliphatic heterocycles. The SMILES string of the molecule is C=CC[Si](C(F)(F)C(F)(F)F)(C(F)(F)C(F)(F)F)C(F)(F)C(F)(F)F. The molecule has 0 saturated carbocycles. The Bertz CT molecular complexity index is 428. The highest BCUT2D eigenvalue weighted by molar-refractivity contribution is 6.87. The molecule has 0 amide bonds. The van der Waals surface area contributed by atoms with Crippen molar-refractivity contribution in [2.45, 2.75) is 41.2 Å². The van der Waals surface area contributed by atoms with E-state index >= 15 is 0 Å². The average molecular weight is 426 g/mol. The topological polar surface area (TPSA) is 0 Å². The van der Waals surface area contributed by atoms with Crippen molar-refractivity contribution in [1.29, 1.82) is 0 Å². The van der Waals surface area contributed by atoms with Gasteiger partial charge < -0.3 is 0 Å². The van der Waals surface area contributed by atoms with Crippen molar-refractivity contribution in [3.63, 3.8) is 0 Å². The molecule has 0 radical (unpaired) electrons. The Labute approximate surface area is 129 Å². The first kappa shape index (κ1) is 23.9. The molecule has 0 bridgehead atoms. The molecule has 0 aliphatic carbocycles. The van der Waals surface area contributed by atoms with Gasteiger partial charge in [0.25, 0.3) is 0 Å².